The Kier molecular flexibility index (Phi) is 5.35. The van der Waals surface area contributed by atoms with E-state index in [9.17, 15) is 9.59 Å². The smallest absolute Gasteiger partial charge is 0.342 e. The van der Waals surface area contributed by atoms with Gasteiger partial charge >= 0.3 is 5.97 Å². The van der Waals surface area contributed by atoms with E-state index in [1.54, 1.807) is 30.0 Å². The molecule has 1 aliphatic rings. The lowest BCUT2D eigenvalue weighted by molar-refractivity contribution is -0.126. The molecule has 2 aromatic carbocycles. The van der Waals surface area contributed by atoms with Gasteiger partial charge in [-0.15, -0.1) is 0 Å². The molecule has 0 N–H and O–H groups in total. The number of esters is 1. The fourth-order valence-corrected chi connectivity index (χ4v) is 3.42. The lowest BCUT2D eigenvalue weighted by Crippen LogP contribution is -2.43. The molecular formula is C21H23NO5. The normalized spacial score (nSPS) is 16.4. The minimum absolute atomic E-state index is 0.0161. The maximum absolute atomic E-state index is 13.0. The molecule has 0 bridgehead atoms. The summed E-state index contributed by atoms with van der Waals surface area (Å²) in [4.78, 5) is 27.3. The van der Waals surface area contributed by atoms with E-state index in [0.29, 0.717) is 5.75 Å². The van der Waals surface area contributed by atoms with Crippen molar-refractivity contribution >= 4 is 17.6 Å². The highest BCUT2D eigenvalue weighted by molar-refractivity contribution is 6.01. The maximum Gasteiger partial charge on any atom is 0.342 e. The first-order valence-corrected chi connectivity index (χ1v) is 8.80. The highest BCUT2D eigenvalue weighted by Crippen LogP contribution is 2.34. The van der Waals surface area contributed by atoms with Crippen molar-refractivity contribution in [2.45, 2.75) is 32.4 Å². The first-order valence-electron chi connectivity index (χ1n) is 8.80. The van der Waals surface area contributed by atoms with Crippen LogP contribution in [0.25, 0.3) is 0 Å². The Labute approximate surface area is 158 Å². The molecule has 6 heteroatoms. The number of benzene rings is 2. The van der Waals surface area contributed by atoms with Crippen molar-refractivity contribution in [3.8, 4) is 11.5 Å². The van der Waals surface area contributed by atoms with Crippen molar-refractivity contribution < 1.29 is 23.8 Å². The molecule has 0 saturated heterocycles. The number of fused-ring (bicyclic) bond motifs is 1. The van der Waals surface area contributed by atoms with Crippen LogP contribution in [-0.4, -0.2) is 38.2 Å². The van der Waals surface area contributed by atoms with Gasteiger partial charge in [0.1, 0.15) is 5.56 Å². The van der Waals surface area contributed by atoms with Crippen LogP contribution < -0.4 is 14.4 Å². The fraction of sp³-hybridized carbons (Fsp3) is 0.333. The fourth-order valence-electron chi connectivity index (χ4n) is 3.42. The van der Waals surface area contributed by atoms with Crippen LogP contribution in [0.2, 0.25) is 0 Å². The minimum atomic E-state index is -0.929. The second-order valence-corrected chi connectivity index (χ2v) is 6.48. The zero-order chi connectivity index (χ0) is 19.6. The van der Waals surface area contributed by atoms with Crippen molar-refractivity contribution in [2.24, 2.45) is 0 Å². The van der Waals surface area contributed by atoms with Crippen LogP contribution in [0.4, 0.5) is 5.69 Å². The Bertz CT molecular complexity index is 863. The molecular weight excluding hydrogens is 346 g/mol. The molecule has 0 unspecified atom stereocenters. The number of para-hydroxylation sites is 2. The van der Waals surface area contributed by atoms with Crippen LogP contribution in [0.1, 0.15) is 29.8 Å². The van der Waals surface area contributed by atoms with Crippen LogP contribution in [0.3, 0.4) is 0 Å². The summed E-state index contributed by atoms with van der Waals surface area (Å²) in [5, 5.41) is 0. The Morgan fingerprint density at radius 2 is 1.81 bits per heavy atom. The largest absolute Gasteiger partial charge is 0.493 e. The first-order chi connectivity index (χ1) is 13.0. The summed E-state index contributed by atoms with van der Waals surface area (Å²) < 4.78 is 15.9. The van der Waals surface area contributed by atoms with Gasteiger partial charge in [0.25, 0.3) is 5.91 Å². The molecule has 2 aromatic rings. The number of nitrogens with zero attached hydrogens (tertiary/aromatic N) is 1. The number of carbonyl (C=O) groups is 2. The van der Waals surface area contributed by atoms with Crippen molar-refractivity contribution in [1.82, 2.24) is 0 Å². The predicted molar refractivity (Wildman–Crippen MR) is 102 cm³/mol. The molecule has 6 nitrogen and oxygen atoms in total. The third kappa shape index (κ3) is 3.47. The maximum atomic E-state index is 13.0. The van der Waals surface area contributed by atoms with E-state index >= 15 is 0 Å². The summed E-state index contributed by atoms with van der Waals surface area (Å²) in [7, 11) is 2.94. The third-order valence-corrected chi connectivity index (χ3v) is 4.70. The summed E-state index contributed by atoms with van der Waals surface area (Å²) in [6, 6.07) is 12.7. The summed E-state index contributed by atoms with van der Waals surface area (Å²) in [5.74, 6) is -0.174. The van der Waals surface area contributed by atoms with Gasteiger partial charge in [-0.2, -0.15) is 0 Å². The number of carbonyl (C=O) groups excluding carboxylic acids is 2. The molecule has 1 heterocycles. The summed E-state index contributed by atoms with van der Waals surface area (Å²) >= 11 is 0. The summed E-state index contributed by atoms with van der Waals surface area (Å²) in [6.07, 6.45) is -0.145. The Balaban J connectivity index is 1.79. The average Bonchev–Trinajstić information content (AvgIpc) is 3.01. The van der Waals surface area contributed by atoms with Crippen molar-refractivity contribution in [3.63, 3.8) is 0 Å². The number of ether oxygens (including phenoxy) is 3. The van der Waals surface area contributed by atoms with E-state index in [1.165, 1.54) is 14.2 Å². The van der Waals surface area contributed by atoms with Crippen LogP contribution in [0.5, 0.6) is 11.5 Å². The molecule has 0 spiro atoms. The lowest BCUT2D eigenvalue weighted by atomic mass is 10.1. The molecule has 2 atom stereocenters. The van der Waals surface area contributed by atoms with Gasteiger partial charge in [0.05, 0.1) is 14.2 Å². The number of hydrogen-bond acceptors (Lipinski definition) is 5. The second-order valence-electron chi connectivity index (χ2n) is 6.48. The molecule has 142 valence electrons. The SMILES string of the molecule is COc1cccc(C(=O)O[C@H](C)C(=O)N2c3ccccc3C[C@H]2C)c1OC. The molecule has 1 aliphatic heterocycles. The van der Waals surface area contributed by atoms with Gasteiger partial charge in [-0.3, -0.25) is 4.79 Å². The van der Waals surface area contributed by atoms with Gasteiger partial charge in [-0.05, 0) is 44.0 Å². The van der Waals surface area contributed by atoms with Gasteiger partial charge in [-0.25, -0.2) is 4.79 Å². The predicted octanol–water partition coefficient (Wildman–Crippen LogP) is 3.23. The monoisotopic (exact) mass is 369 g/mol. The topological polar surface area (TPSA) is 65.1 Å². The highest BCUT2D eigenvalue weighted by Gasteiger charge is 2.35. The van der Waals surface area contributed by atoms with Gasteiger partial charge in [-0.1, -0.05) is 24.3 Å². The number of anilines is 1. The van der Waals surface area contributed by atoms with Gasteiger partial charge in [0.2, 0.25) is 0 Å². The van der Waals surface area contributed by atoms with Crippen LogP contribution >= 0.6 is 0 Å². The lowest BCUT2D eigenvalue weighted by Gasteiger charge is -2.26. The zero-order valence-corrected chi connectivity index (χ0v) is 15.9. The molecule has 27 heavy (non-hydrogen) atoms. The summed E-state index contributed by atoms with van der Waals surface area (Å²) in [6.45, 7) is 3.57. The van der Waals surface area contributed by atoms with Crippen LogP contribution in [0.15, 0.2) is 42.5 Å². The number of amides is 1. The van der Waals surface area contributed by atoms with Gasteiger partial charge in [0, 0.05) is 11.7 Å². The Hall–Kier alpha value is -3.02. The number of rotatable bonds is 5. The van der Waals surface area contributed by atoms with Crippen molar-refractivity contribution in [1.29, 1.82) is 0 Å². The molecule has 3 rings (SSSR count). The van der Waals surface area contributed by atoms with E-state index in [0.717, 1.165) is 17.7 Å². The number of hydrogen-bond donors (Lipinski definition) is 0. The Morgan fingerprint density at radius 3 is 2.52 bits per heavy atom. The first kappa shape index (κ1) is 18.8. The molecule has 1 amide bonds. The quantitative estimate of drug-likeness (QED) is 0.757. The van der Waals surface area contributed by atoms with E-state index < -0.39 is 12.1 Å². The van der Waals surface area contributed by atoms with E-state index in [4.69, 9.17) is 14.2 Å². The number of methoxy groups -OCH3 is 2. The second kappa shape index (κ2) is 7.70. The Morgan fingerprint density at radius 1 is 1.07 bits per heavy atom. The molecule has 0 aromatic heterocycles. The molecule has 0 radical (unpaired) electrons. The van der Waals surface area contributed by atoms with Gasteiger partial charge in [0.15, 0.2) is 17.6 Å². The highest BCUT2D eigenvalue weighted by atomic mass is 16.6. The van der Waals surface area contributed by atoms with Crippen molar-refractivity contribution in [2.75, 3.05) is 19.1 Å². The van der Waals surface area contributed by atoms with Crippen molar-refractivity contribution in [3.05, 3.63) is 53.6 Å². The minimum Gasteiger partial charge on any atom is -0.493 e. The summed E-state index contributed by atoms with van der Waals surface area (Å²) in [5.41, 5.74) is 2.20. The van der Waals surface area contributed by atoms with Crippen LogP contribution in [0, 0.1) is 0 Å². The van der Waals surface area contributed by atoms with Gasteiger partial charge < -0.3 is 19.1 Å². The zero-order valence-electron chi connectivity index (χ0n) is 15.9. The average molecular weight is 369 g/mol. The van der Waals surface area contributed by atoms with E-state index in [1.807, 2.05) is 31.2 Å². The third-order valence-electron chi connectivity index (χ3n) is 4.70. The van der Waals surface area contributed by atoms with E-state index in [-0.39, 0.29) is 23.3 Å². The molecule has 0 aliphatic carbocycles. The molecule has 0 saturated carbocycles. The molecule has 0 fully saturated rings. The van der Waals surface area contributed by atoms with E-state index in [2.05, 4.69) is 0 Å². The van der Waals surface area contributed by atoms with Crippen LogP contribution in [-0.2, 0) is 16.0 Å². The standard InChI is InChI=1S/C21H23NO5/c1-13-12-15-8-5-6-10-17(15)22(13)20(23)14(2)27-21(24)16-9-7-11-18(25-3)19(16)26-4/h5-11,13-14H,12H2,1-4H3/t13-,14-/m1/s1.